The molecule has 0 spiro atoms. The molecule has 0 aliphatic carbocycles. The molecule has 4 rings (SSSR count). The van der Waals surface area contributed by atoms with Gasteiger partial charge in [0.05, 0.1) is 12.6 Å². The number of amides is 1. The molecule has 0 saturated carbocycles. The van der Waals surface area contributed by atoms with E-state index in [9.17, 15) is 4.79 Å². The maximum absolute atomic E-state index is 12.3. The van der Waals surface area contributed by atoms with E-state index in [0.29, 0.717) is 29.5 Å². The maximum Gasteiger partial charge on any atom is 0.251 e. The third-order valence-electron chi connectivity index (χ3n) is 4.40. The summed E-state index contributed by atoms with van der Waals surface area (Å²) in [5, 5.41) is 15.6. The monoisotopic (exact) mass is 417 g/mol. The smallest absolute Gasteiger partial charge is 0.251 e. The van der Waals surface area contributed by atoms with Crippen molar-refractivity contribution in [2.75, 3.05) is 13.2 Å². The molecule has 8 heteroatoms. The van der Waals surface area contributed by atoms with Crippen LogP contribution in [0.1, 0.15) is 24.2 Å². The Hall–Kier alpha value is -3.94. The average molecular weight is 417 g/mol. The van der Waals surface area contributed by atoms with E-state index < -0.39 is 0 Å². The lowest BCUT2D eigenvalue weighted by Crippen LogP contribution is -2.28. The summed E-state index contributed by atoms with van der Waals surface area (Å²) in [5.74, 6) is 1.63. The summed E-state index contributed by atoms with van der Waals surface area (Å²) in [4.78, 5) is 12.3. The van der Waals surface area contributed by atoms with Crippen LogP contribution >= 0.6 is 0 Å². The first kappa shape index (κ1) is 20.3. The molecule has 0 atom stereocenters. The third-order valence-corrected chi connectivity index (χ3v) is 4.40. The molecule has 0 aliphatic rings. The minimum absolute atomic E-state index is 0.0894. The number of nitrogens with one attached hydrogen (secondary N) is 1. The van der Waals surface area contributed by atoms with E-state index in [1.54, 1.807) is 40.9 Å². The lowest BCUT2D eigenvalue weighted by Gasteiger charge is -2.10. The first-order chi connectivity index (χ1) is 15.1. The van der Waals surface area contributed by atoms with E-state index in [4.69, 9.17) is 9.47 Å². The predicted molar refractivity (Wildman–Crippen MR) is 116 cm³/mol. The van der Waals surface area contributed by atoms with E-state index in [1.165, 1.54) is 0 Å². The third kappa shape index (κ3) is 4.98. The molecule has 2 heterocycles. The van der Waals surface area contributed by atoms with Crippen molar-refractivity contribution in [1.82, 2.24) is 25.1 Å². The van der Waals surface area contributed by atoms with Crippen molar-refractivity contribution in [2.24, 2.45) is 0 Å². The zero-order valence-electron chi connectivity index (χ0n) is 17.4. The molecule has 0 aliphatic heterocycles. The molecular formula is C23H23N5O3. The van der Waals surface area contributed by atoms with Gasteiger partial charge in [0, 0.05) is 17.2 Å². The second kappa shape index (κ2) is 9.25. The first-order valence-corrected chi connectivity index (χ1v) is 10.1. The van der Waals surface area contributed by atoms with Crippen LogP contribution in [0.15, 0.2) is 66.7 Å². The molecular weight excluding hydrogens is 394 g/mol. The van der Waals surface area contributed by atoms with Crippen LogP contribution < -0.4 is 14.8 Å². The summed E-state index contributed by atoms with van der Waals surface area (Å²) >= 11 is 0. The first-order valence-electron chi connectivity index (χ1n) is 10.1. The molecule has 31 heavy (non-hydrogen) atoms. The standard InChI is InChI=1S/C23H23N5O3/c1-16(2)31-19-10-8-18(9-11-19)23(29)24-14-15-30-21-13-12-20-25-26-22(28(20)27-21)17-6-4-3-5-7-17/h3-13,16H,14-15H2,1-2H3,(H,24,29). The Morgan fingerprint density at radius 1 is 1.00 bits per heavy atom. The number of fused-ring (bicyclic) bond motifs is 1. The molecule has 158 valence electrons. The Bertz CT molecular complexity index is 1160. The summed E-state index contributed by atoms with van der Waals surface area (Å²) in [6.07, 6.45) is 0.0894. The van der Waals surface area contributed by atoms with Crippen LogP contribution in [0.25, 0.3) is 17.0 Å². The summed E-state index contributed by atoms with van der Waals surface area (Å²) in [6.45, 7) is 4.54. The average Bonchev–Trinajstić information content (AvgIpc) is 3.20. The lowest BCUT2D eigenvalue weighted by atomic mass is 10.2. The molecule has 1 amide bonds. The van der Waals surface area contributed by atoms with Crippen LogP contribution in [-0.4, -0.2) is 45.0 Å². The number of hydrogen-bond acceptors (Lipinski definition) is 6. The molecule has 2 aromatic heterocycles. The zero-order chi connectivity index (χ0) is 21.6. The molecule has 0 saturated heterocycles. The number of carbonyl (C=O) groups is 1. The Morgan fingerprint density at radius 2 is 1.77 bits per heavy atom. The fraction of sp³-hybridized carbons (Fsp3) is 0.217. The van der Waals surface area contributed by atoms with Crippen LogP contribution in [0, 0.1) is 0 Å². The Balaban J connectivity index is 1.33. The van der Waals surface area contributed by atoms with Crippen molar-refractivity contribution in [3.63, 3.8) is 0 Å². The second-order valence-corrected chi connectivity index (χ2v) is 7.13. The van der Waals surface area contributed by atoms with Gasteiger partial charge >= 0.3 is 0 Å². The van der Waals surface area contributed by atoms with Gasteiger partial charge in [-0.05, 0) is 44.2 Å². The second-order valence-electron chi connectivity index (χ2n) is 7.13. The lowest BCUT2D eigenvalue weighted by molar-refractivity contribution is 0.0946. The van der Waals surface area contributed by atoms with Crippen LogP contribution in [-0.2, 0) is 0 Å². The molecule has 0 radical (unpaired) electrons. The van der Waals surface area contributed by atoms with Crippen LogP contribution in [0.2, 0.25) is 0 Å². The van der Waals surface area contributed by atoms with Crippen molar-refractivity contribution in [3.05, 3.63) is 72.3 Å². The molecule has 2 aromatic carbocycles. The Kier molecular flexibility index (Phi) is 6.07. The van der Waals surface area contributed by atoms with E-state index in [0.717, 1.165) is 11.3 Å². The number of nitrogens with zero attached hydrogens (tertiary/aromatic N) is 4. The Morgan fingerprint density at radius 3 is 2.52 bits per heavy atom. The highest BCUT2D eigenvalue weighted by atomic mass is 16.5. The van der Waals surface area contributed by atoms with Gasteiger partial charge in [-0.2, -0.15) is 4.52 Å². The number of carbonyl (C=O) groups excluding carboxylic acids is 1. The number of hydrogen-bond donors (Lipinski definition) is 1. The topological polar surface area (TPSA) is 90.6 Å². The van der Waals surface area contributed by atoms with Gasteiger partial charge in [0.2, 0.25) is 5.88 Å². The number of rotatable bonds is 8. The fourth-order valence-electron chi connectivity index (χ4n) is 3.00. The summed E-state index contributed by atoms with van der Waals surface area (Å²) < 4.78 is 12.9. The van der Waals surface area contributed by atoms with Gasteiger partial charge < -0.3 is 14.8 Å². The normalized spacial score (nSPS) is 10.9. The SMILES string of the molecule is CC(C)Oc1ccc(C(=O)NCCOc2ccc3nnc(-c4ccccc4)n3n2)cc1. The van der Waals surface area contributed by atoms with Crippen molar-refractivity contribution >= 4 is 11.6 Å². The molecule has 0 bridgehead atoms. The van der Waals surface area contributed by atoms with Gasteiger partial charge in [-0.15, -0.1) is 15.3 Å². The van der Waals surface area contributed by atoms with Gasteiger partial charge in [-0.1, -0.05) is 30.3 Å². The van der Waals surface area contributed by atoms with E-state index in [2.05, 4.69) is 20.6 Å². The van der Waals surface area contributed by atoms with Crippen LogP contribution in [0.5, 0.6) is 11.6 Å². The maximum atomic E-state index is 12.3. The predicted octanol–water partition coefficient (Wildman–Crippen LogP) is 3.39. The number of ether oxygens (including phenoxy) is 2. The summed E-state index contributed by atoms with van der Waals surface area (Å²) in [7, 11) is 0. The zero-order valence-corrected chi connectivity index (χ0v) is 17.4. The minimum Gasteiger partial charge on any atom is -0.491 e. The van der Waals surface area contributed by atoms with Crippen LogP contribution in [0.3, 0.4) is 0 Å². The molecule has 8 nitrogen and oxygen atoms in total. The highest BCUT2D eigenvalue weighted by Gasteiger charge is 2.10. The highest BCUT2D eigenvalue weighted by molar-refractivity contribution is 5.94. The molecule has 1 N–H and O–H groups in total. The van der Waals surface area contributed by atoms with Crippen molar-refractivity contribution in [2.45, 2.75) is 20.0 Å². The fourth-order valence-corrected chi connectivity index (χ4v) is 3.00. The van der Waals surface area contributed by atoms with Gasteiger partial charge in [0.15, 0.2) is 11.5 Å². The van der Waals surface area contributed by atoms with Gasteiger partial charge in [0.25, 0.3) is 5.91 Å². The van der Waals surface area contributed by atoms with Gasteiger partial charge in [-0.25, -0.2) is 0 Å². The summed E-state index contributed by atoms with van der Waals surface area (Å²) in [5.41, 5.74) is 2.11. The van der Waals surface area contributed by atoms with Crippen molar-refractivity contribution in [1.29, 1.82) is 0 Å². The number of aromatic nitrogens is 4. The summed E-state index contributed by atoms with van der Waals surface area (Å²) in [6, 6.07) is 20.3. The van der Waals surface area contributed by atoms with E-state index in [1.807, 2.05) is 44.2 Å². The highest BCUT2D eigenvalue weighted by Crippen LogP contribution is 2.18. The molecule has 0 unspecified atom stereocenters. The largest absolute Gasteiger partial charge is 0.491 e. The Labute approximate surface area is 179 Å². The molecule has 0 fully saturated rings. The molecule has 4 aromatic rings. The van der Waals surface area contributed by atoms with E-state index in [-0.39, 0.29) is 18.6 Å². The van der Waals surface area contributed by atoms with Crippen molar-refractivity contribution < 1.29 is 14.3 Å². The number of benzene rings is 2. The van der Waals surface area contributed by atoms with Crippen LogP contribution in [0.4, 0.5) is 0 Å². The van der Waals surface area contributed by atoms with Crippen molar-refractivity contribution in [3.8, 4) is 23.0 Å². The quantitative estimate of drug-likeness (QED) is 0.442. The van der Waals surface area contributed by atoms with Gasteiger partial charge in [-0.3, -0.25) is 4.79 Å². The van der Waals surface area contributed by atoms with Gasteiger partial charge in [0.1, 0.15) is 12.4 Å². The van der Waals surface area contributed by atoms with E-state index >= 15 is 0 Å². The minimum atomic E-state index is -0.173.